The Morgan fingerprint density at radius 2 is 1.62 bits per heavy atom. The third kappa shape index (κ3) is 3.38. The highest BCUT2D eigenvalue weighted by Crippen LogP contribution is 2.39. The van der Waals surface area contributed by atoms with Crippen LogP contribution in [0.2, 0.25) is 0 Å². The van der Waals surface area contributed by atoms with E-state index in [-0.39, 0.29) is 6.10 Å². The van der Waals surface area contributed by atoms with Gasteiger partial charge in [-0.3, -0.25) is 0 Å². The van der Waals surface area contributed by atoms with Crippen molar-refractivity contribution in [3.8, 4) is 5.75 Å². The second kappa shape index (κ2) is 6.21. The van der Waals surface area contributed by atoms with Crippen molar-refractivity contribution in [1.82, 2.24) is 0 Å². The first-order chi connectivity index (χ1) is 10.2. The minimum Gasteiger partial charge on any atom is -0.489 e. The highest BCUT2D eigenvalue weighted by Gasteiger charge is 2.30. The number of hydrogen-bond acceptors (Lipinski definition) is 2. The fourth-order valence-corrected chi connectivity index (χ4v) is 2.90. The zero-order valence-electron chi connectivity index (χ0n) is 12.8. The molecule has 1 fully saturated rings. The zero-order chi connectivity index (χ0) is 14.7. The molecule has 1 aliphatic rings. The summed E-state index contributed by atoms with van der Waals surface area (Å²) in [6, 6.07) is 19.6. The van der Waals surface area contributed by atoms with Crippen LogP contribution in [0.15, 0.2) is 54.6 Å². The van der Waals surface area contributed by atoms with Gasteiger partial charge < -0.3 is 10.1 Å². The molecule has 0 unspecified atom stereocenters. The van der Waals surface area contributed by atoms with Crippen molar-refractivity contribution in [1.29, 1.82) is 0 Å². The van der Waals surface area contributed by atoms with E-state index in [1.165, 1.54) is 18.4 Å². The molecule has 0 spiro atoms. The van der Waals surface area contributed by atoms with Gasteiger partial charge in [-0.1, -0.05) is 42.5 Å². The van der Waals surface area contributed by atoms with E-state index >= 15 is 0 Å². The normalized spacial score (nSPS) is 20.9. The molecule has 1 aliphatic carbocycles. The van der Waals surface area contributed by atoms with Gasteiger partial charge in [-0.05, 0) is 50.3 Å². The van der Waals surface area contributed by atoms with Crippen molar-refractivity contribution in [3.63, 3.8) is 0 Å². The number of anilines is 1. The van der Waals surface area contributed by atoms with Crippen molar-refractivity contribution in [3.05, 3.63) is 60.2 Å². The highest BCUT2D eigenvalue weighted by atomic mass is 16.5. The van der Waals surface area contributed by atoms with Crippen LogP contribution in [0.3, 0.4) is 0 Å². The Hall–Kier alpha value is -1.96. The molecule has 0 aliphatic heterocycles. The molecule has 2 aromatic carbocycles. The molecular weight excluding hydrogens is 258 g/mol. The Bertz CT molecular complexity index is 573. The summed E-state index contributed by atoms with van der Waals surface area (Å²) in [5.41, 5.74) is 2.57. The average molecular weight is 281 g/mol. The number of rotatable bonds is 5. The van der Waals surface area contributed by atoms with Gasteiger partial charge in [-0.15, -0.1) is 0 Å². The number of ether oxygens (including phenoxy) is 1. The summed E-state index contributed by atoms with van der Waals surface area (Å²) in [7, 11) is 0. The van der Waals surface area contributed by atoms with Crippen molar-refractivity contribution < 1.29 is 4.74 Å². The van der Waals surface area contributed by atoms with Crippen molar-refractivity contribution in [2.75, 3.05) is 5.32 Å². The van der Waals surface area contributed by atoms with E-state index in [1.807, 2.05) is 12.1 Å². The van der Waals surface area contributed by atoms with Gasteiger partial charge in [0.1, 0.15) is 5.75 Å². The standard InChI is InChI=1S/C19H23NO/c1-14(2)21-19-11-7-6-10-18(19)20-17-12-16(13-17)15-8-4-3-5-9-15/h3-11,14,16-17,20H,12-13H2,1-2H3. The largest absolute Gasteiger partial charge is 0.489 e. The maximum absolute atomic E-state index is 5.86. The summed E-state index contributed by atoms with van der Waals surface area (Å²) in [4.78, 5) is 0. The number of nitrogens with one attached hydrogen (secondary N) is 1. The Kier molecular flexibility index (Phi) is 4.14. The minimum atomic E-state index is 0.200. The van der Waals surface area contributed by atoms with Gasteiger partial charge in [0.25, 0.3) is 0 Å². The Morgan fingerprint density at radius 3 is 2.33 bits per heavy atom. The fourth-order valence-electron chi connectivity index (χ4n) is 2.90. The molecule has 0 amide bonds. The molecule has 0 aromatic heterocycles. The van der Waals surface area contributed by atoms with Crippen LogP contribution < -0.4 is 10.1 Å². The Balaban J connectivity index is 1.60. The maximum atomic E-state index is 5.86. The zero-order valence-corrected chi connectivity index (χ0v) is 12.8. The molecule has 0 saturated heterocycles. The lowest BCUT2D eigenvalue weighted by Crippen LogP contribution is -2.34. The smallest absolute Gasteiger partial charge is 0.142 e. The third-order valence-electron chi connectivity index (χ3n) is 4.02. The molecule has 0 bridgehead atoms. The van der Waals surface area contributed by atoms with Crippen LogP contribution in [-0.4, -0.2) is 12.1 Å². The lowest BCUT2D eigenvalue weighted by Gasteiger charge is -2.37. The van der Waals surface area contributed by atoms with E-state index in [1.54, 1.807) is 0 Å². The van der Waals surface area contributed by atoms with Gasteiger partial charge in [-0.25, -0.2) is 0 Å². The van der Waals surface area contributed by atoms with E-state index in [4.69, 9.17) is 4.74 Å². The quantitative estimate of drug-likeness (QED) is 0.847. The predicted molar refractivity (Wildman–Crippen MR) is 88.0 cm³/mol. The second-order valence-electron chi connectivity index (χ2n) is 6.08. The summed E-state index contributed by atoms with van der Waals surface area (Å²) < 4.78 is 5.86. The van der Waals surface area contributed by atoms with Crippen LogP contribution in [0.4, 0.5) is 5.69 Å². The molecule has 1 saturated carbocycles. The summed E-state index contributed by atoms with van der Waals surface area (Å²) >= 11 is 0. The molecule has 0 radical (unpaired) electrons. The molecule has 0 heterocycles. The van der Waals surface area contributed by atoms with Gasteiger partial charge in [0.2, 0.25) is 0 Å². The molecule has 21 heavy (non-hydrogen) atoms. The minimum absolute atomic E-state index is 0.200. The van der Waals surface area contributed by atoms with E-state index in [9.17, 15) is 0 Å². The molecule has 2 heteroatoms. The van der Waals surface area contributed by atoms with Crippen LogP contribution in [0.5, 0.6) is 5.75 Å². The van der Waals surface area contributed by atoms with Crippen molar-refractivity contribution in [2.24, 2.45) is 0 Å². The van der Waals surface area contributed by atoms with E-state index in [2.05, 4.69) is 61.6 Å². The second-order valence-corrected chi connectivity index (χ2v) is 6.08. The van der Waals surface area contributed by atoms with E-state index in [0.717, 1.165) is 11.4 Å². The number of benzene rings is 2. The monoisotopic (exact) mass is 281 g/mol. The molecular formula is C19H23NO. The fraction of sp³-hybridized carbons (Fsp3) is 0.368. The maximum Gasteiger partial charge on any atom is 0.142 e. The molecule has 1 N–H and O–H groups in total. The molecule has 2 nitrogen and oxygen atoms in total. The van der Waals surface area contributed by atoms with Gasteiger partial charge in [0.05, 0.1) is 11.8 Å². The number of para-hydroxylation sites is 2. The van der Waals surface area contributed by atoms with Crippen LogP contribution in [0, 0.1) is 0 Å². The molecule has 0 atom stereocenters. The SMILES string of the molecule is CC(C)Oc1ccccc1NC1CC(c2ccccc2)C1. The van der Waals surface area contributed by atoms with Gasteiger partial charge in [0.15, 0.2) is 0 Å². The summed E-state index contributed by atoms with van der Waals surface area (Å²) in [6.45, 7) is 4.12. The first-order valence-corrected chi connectivity index (χ1v) is 7.79. The number of hydrogen-bond donors (Lipinski definition) is 1. The summed E-state index contributed by atoms with van der Waals surface area (Å²) in [5, 5.41) is 3.63. The summed E-state index contributed by atoms with van der Waals surface area (Å²) in [6.07, 6.45) is 2.59. The Morgan fingerprint density at radius 1 is 0.952 bits per heavy atom. The topological polar surface area (TPSA) is 21.3 Å². The first-order valence-electron chi connectivity index (χ1n) is 7.79. The van der Waals surface area contributed by atoms with Crippen LogP contribution in [-0.2, 0) is 0 Å². The van der Waals surface area contributed by atoms with Crippen LogP contribution in [0.25, 0.3) is 0 Å². The Labute approximate surface area is 127 Å². The average Bonchev–Trinajstić information content (AvgIpc) is 2.44. The van der Waals surface area contributed by atoms with Gasteiger partial charge in [-0.2, -0.15) is 0 Å². The molecule has 3 rings (SSSR count). The summed E-state index contributed by atoms with van der Waals surface area (Å²) in [5.74, 6) is 1.65. The first kappa shape index (κ1) is 14.0. The lowest BCUT2D eigenvalue weighted by atomic mass is 9.76. The van der Waals surface area contributed by atoms with E-state index < -0.39 is 0 Å². The van der Waals surface area contributed by atoms with Crippen molar-refractivity contribution in [2.45, 2.75) is 44.8 Å². The van der Waals surface area contributed by atoms with Gasteiger partial charge in [0, 0.05) is 6.04 Å². The van der Waals surface area contributed by atoms with Crippen molar-refractivity contribution >= 4 is 5.69 Å². The van der Waals surface area contributed by atoms with E-state index in [0.29, 0.717) is 12.0 Å². The molecule has 2 aromatic rings. The lowest BCUT2D eigenvalue weighted by molar-refractivity contribution is 0.243. The predicted octanol–water partition coefficient (Wildman–Crippen LogP) is 4.83. The van der Waals surface area contributed by atoms with Gasteiger partial charge >= 0.3 is 0 Å². The highest BCUT2D eigenvalue weighted by molar-refractivity contribution is 5.57. The van der Waals surface area contributed by atoms with Crippen LogP contribution >= 0.6 is 0 Å². The third-order valence-corrected chi connectivity index (χ3v) is 4.02. The molecule has 110 valence electrons. The van der Waals surface area contributed by atoms with Crippen LogP contribution in [0.1, 0.15) is 38.2 Å².